The van der Waals surface area contributed by atoms with Crippen LogP contribution in [0.25, 0.3) is 0 Å². The number of nitrogens with one attached hydrogen (secondary N) is 1. The van der Waals surface area contributed by atoms with Crippen molar-refractivity contribution < 1.29 is 8.78 Å². The van der Waals surface area contributed by atoms with Gasteiger partial charge in [0.25, 0.3) is 0 Å². The zero-order chi connectivity index (χ0) is 13.3. The predicted molar refractivity (Wildman–Crippen MR) is 63.5 cm³/mol. The van der Waals surface area contributed by atoms with E-state index in [0.29, 0.717) is 5.56 Å². The van der Waals surface area contributed by atoms with E-state index in [1.54, 1.807) is 17.9 Å². The number of hydrogen-bond donors (Lipinski definition) is 2. The first-order valence-electron chi connectivity index (χ1n) is 5.44. The molecule has 18 heavy (non-hydrogen) atoms. The normalized spacial score (nSPS) is 12.7. The lowest BCUT2D eigenvalue weighted by Gasteiger charge is -2.17. The van der Waals surface area contributed by atoms with Gasteiger partial charge in [-0.2, -0.15) is 5.10 Å². The molecule has 2 aromatic rings. The largest absolute Gasteiger partial charge is 0.273 e. The highest BCUT2D eigenvalue weighted by atomic mass is 19.1. The summed E-state index contributed by atoms with van der Waals surface area (Å²) in [4.78, 5) is 0. The molecule has 0 bridgehead atoms. The third kappa shape index (κ3) is 2.12. The van der Waals surface area contributed by atoms with Gasteiger partial charge in [0.2, 0.25) is 0 Å². The number of hydrazine groups is 1. The van der Waals surface area contributed by atoms with Gasteiger partial charge in [0, 0.05) is 23.9 Å². The predicted octanol–water partition coefficient (Wildman–Crippen LogP) is 1.56. The summed E-state index contributed by atoms with van der Waals surface area (Å²) in [7, 11) is 1.77. The second kappa shape index (κ2) is 4.83. The number of halogens is 2. The minimum Gasteiger partial charge on any atom is -0.273 e. The number of aryl methyl sites for hydroxylation is 1. The number of benzene rings is 1. The number of nitrogens with two attached hydrogens (primary N) is 1. The molecule has 1 aromatic carbocycles. The maximum absolute atomic E-state index is 13.7. The Balaban J connectivity index is 2.51. The van der Waals surface area contributed by atoms with Crippen LogP contribution in [0.2, 0.25) is 0 Å². The van der Waals surface area contributed by atoms with Gasteiger partial charge in [0.1, 0.15) is 11.6 Å². The third-order valence-corrected chi connectivity index (χ3v) is 3.02. The quantitative estimate of drug-likeness (QED) is 0.644. The minimum absolute atomic E-state index is 0.161. The molecule has 3 N–H and O–H groups in total. The van der Waals surface area contributed by atoms with E-state index in [1.807, 2.05) is 6.92 Å². The highest BCUT2D eigenvalue weighted by Crippen LogP contribution is 2.26. The zero-order valence-electron chi connectivity index (χ0n) is 10.1. The Kier molecular flexibility index (Phi) is 3.40. The standard InChI is InChI=1S/C12H14F2N4/c1-7-10(6-16-18(7)2)12(17-15)9-5-8(13)3-4-11(9)14/h3-6,12,17H,15H2,1-2H3. The van der Waals surface area contributed by atoms with Gasteiger partial charge in [-0.15, -0.1) is 0 Å². The van der Waals surface area contributed by atoms with Crippen molar-refractivity contribution in [2.24, 2.45) is 12.9 Å². The molecule has 1 atom stereocenters. The van der Waals surface area contributed by atoms with Crippen LogP contribution in [-0.2, 0) is 7.05 Å². The van der Waals surface area contributed by atoms with E-state index >= 15 is 0 Å². The van der Waals surface area contributed by atoms with Gasteiger partial charge in [-0.3, -0.25) is 10.5 Å². The Morgan fingerprint density at radius 1 is 1.33 bits per heavy atom. The number of nitrogens with zero attached hydrogens (tertiary/aromatic N) is 2. The van der Waals surface area contributed by atoms with Crippen molar-refractivity contribution in [1.29, 1.82) is 0 Å². The van der Waals surface area contributed by atoms with Gasteiger partial charge in [-0.1, -0.05) is 0 Å². The van der Waals surface area contributed by atoms with E-state index in [2.05, 4.69) is 10.5 Å². The summed E-state index contributed by atoms with van der Waals surface area (Å²) in [5.41, 5.74) is 4.20. The lowest BCUT2D eigenvalue weighted by atomic mass is 9.99. The van der Waals surface area contributed by atoms with Crippen LogP contribution in [0, 0.1) is 18.6 Å². The first-order valence-corrected chi connectivity index (χ1v) is 5.44. The summed E-state index contributed by atoms with van der Waals surface area (Å²) in [6.45, 7) is 1.84. The second-order valence-corrected chi connectivity index (χ2v) is 4.07. The van der Waals surface area contributed by atoms with Crippen molar-refractivity contribution in [3.05, 3.63) is 52.9 Å². The average Bonchev–Trinajstić information content (AvgIpc) is 2.67. The molecular weight excluding hydrogens is 238 g/mol. The topological polar surface area (TPSA) is 55.9 Å². The van der Waals surface area contributed by atoms with Crippen LogP contribution in [0.5, 0.6) is 0 Å². The molecule has 0 fully saturated rings. The molecule has 1 aromatic heterocycles. The Hall–Kier alpha value is -1.79. The number of aromatic nitrogens is 2. The minimum atomic E-state index is -0.630. The maximum Gasteiger partial charge on any atom is 0.128 e. The fraction of sp³-hybridized carbons (Fsp3) is 0.250. The van der Waals surface area contributed by atoms with E-state index in [4.69, 9.17) is 5.84 Å². The van der Waals surface area contributed by atoms with E-state index in [0.717, 1.165) is 23.9 Å². The van der Waals surface area contributed by atoms with Gasteiger partial charge in [0.05, 0.1) is 12.2 Å². The van der Waals surface area contributed by atoms with Crippen molar-refractivity contribution >= 4 is 0 Å². The molecule has 0 aliphatic heterocycles. The highest BCUT2D eigenvalue weighted by molar-refractivity contribution is 5.34. The number of hydrogen-bond acceptors (Lipinski definition) is 3. The van der Waals surface area contributed by atoms with Crippen LogP contribution in [0.15, 0.2) is 24.4 Å². The molecule has 0 aliphatic rings. The third-order valence-electron chi connectivity index (χ3n) is 3.02. The molecule has 4 nitrogen and oxygen atoms in total. The summed E-state index contributed by atoms with van der Waals surface area (Å²) in [5.74, 6) is 4.44. The Bertz CT molecular complexity index is 565. The van der Waals surface area contributed by atoms with Crippen LogP contribution >= 0.6 is 0 Å². The first-order chi connectivity index (χ1) is 8.54. The maximum atomic E-state index is 13.7. The van der Waals surface area contributed by atoms with Crippen molar-refractivity contribution in [3.8, 4) is 0 Å². The lowest BCUT2D eigenvalue weighted by Crippen LogP contribution is -2.30. The second-order valence-electron chi connectivity index (χ2n) is 4.07. The Morgan fingerprint density at radius 2 is 2.06 bits per heavy atom. The fourth-order valence-electron chi connectivity index (χ4n) is 1.88. The zero-order valence-corrected chi connectivity index (χ0v) is 10.1. The molecule has 0 aliphatic carbocycles. The molecular formula is C12H14F2N4. The lowest BCUT2D eigenvalue weighted by molar-refractivity contribution is 0.544. The van der Waals surface area contributed by atoms with Crippen molar-refractivity contribution in [2.75, 3.05) is 0 Å². The molecule has 0 radical (unpaired) electrons. The smallest absolute Gasteiger partial charge is 0.128 e. The monoisotopic (exact) mass is 252 g/mol. The molecule has 0 spiro atoms. The van der Waals surface area contributed by atoms with Gasteiger partial charge in [-0.05, 0) is 25.1 Å². The Labute approximate surface area is 103 Å². The molecule has 0 amide bonds. The first kappa shape index (κ1) is 12.7. The van der Waals surface area contributed by atoms with Gasteiger partial charge in [0.15, 0.2) is 0 Å². The Morgan fingerprint density at radius 3 is 2.61 bits per heavy atom. The molecule has 2 rings (SSSR count). The van der Waals surface area contributed by atoms with Gasteiger partial charge >= 0.3 is 0 Å². The summed E-state index contributed by atoms with van der Waals surface area (Å²) in [6, 6.07) is 2.66. The van der Waals surface area contributed by atoms with Crippen molar-refractivity contribution in [1.82, 2.24) is 15.2 Å². The van der Waals surface area contributed by atoms with E-state index in [1.165, 1.54) is 0 Å². The summed E-state index contributed by atoms with van der Waals surface area (Å²) >= 11 is 0. The summed E-state index contributed by atoms with van der Waals surface area (Å²) in [5, 5.41) is 4.07. The molecule has 1 heterocycles. The van der Waals surface area contributed by atoms with Gasteiger partial charge < -0.3 is 0 Å². The molecule has 6 heteroatoms. The fourth-order valence-corrected chi connectivity index (χ4v) is 1.88. The van der Waals surface area contributed by atoms with E-state index in [-0.39, 0.29) is 5.56 Å². The summed E-state index contributed by atoms with van der Waals surface area (Å²) in [6.07, 6.45) is 1.59. The van der Waals surface area contributed by atoms with Crippen LogP contribution in [0.3, 0.4) is 0 Å². The molecule has 0 saturated heterocycles. The van der Waals surface area contributed by atoms with Crippen molar-refractivity contribution in [2.45, 2.75) is 13.0 Å². The van der Waals surface area contributed by atoms with Crippen molar-refractivity contribution in [3.63, 3.8) is 0 Å². The van der Waals surface area contributed by atoms with Crippen LogP contribution in [-0.4, -0.2) is 9.78 Å². The van der Waals surface area contributed by atoms with Crippen LogP contribution < -0.4 is 11.3 Å². The highest BCUT2D eigenvalue weighted by Gasteiger charge is 2.21. The molecule has 0 saturated carbocycles. The number of rotatable bonds is 3. The summed E-state index contributed by atoms with van der Waals surface area (Å²) < 4.78 is 28.6. The SMILES string of the molecule is Cc1c(C(NN)c2cc(F)ccc2F)cnn1C. The van der Waals surface area contributed by atoms with Crippen LogP contribution in [0.1, 0.15) is 22.9 Å². The van der Waals surface area contributed by atoms with E-state index in [9.17, 15) is 8.78 Å². The van der Waals surface area contributed by atoms with Gasteiger partial charge in [-0.25, -0.2) is 14.2 Å². The molecule has 96 valence electrons. The average molecular weight is 252 g/mol. The molecule has 1 unspecified atom stereocenters. The van der Waals surface area contributed by atoms with E-state index < -0.39 is 17.7 Å². The van der Waals surface area contributed by atoms with Crippen LogP contribution in [0.4, 0.5) is 8.78 Å².